The van der Waals surface area contributed by atoms with Crippen LogP contribution in [0.25, 0.3) is 0 Å². The van der Waals surface area contributed by atoms with Crippen molar-refractivity contribution in [1.82, 2.24) is 15.5 Å². The molecule has 1 unspecified atom stereocenters. The predicted molar refractivity (Wildman–Crippen MR) is 216 cm³/mol. The summed E-state index contributed by atoms with van der Waals surface area (Å²) in [6, 6.07) is -2.19. The number of nitrogens with one attached hydrogen (secondary N) is 2. The van der Waals surface area contributed by atoms with Gasteiger partial charge in [0.25, 0.3) is 0 Å². The lowest BCUT2D eigenvalue weighted by atomic mass is 9.70. The number of nitrogens with zero attached hydrogens (tertiary/aromatic N) is 1. The van der Waals surface area contributed by atoms with E-state index in [2.05, 4.69) is 38.0 Å². The molecule has 3 amide bonds. The number of Topliss-reactive ketones (excluding diaryl/α,β-unsaturated/α-hetero) is 3. The number of carbonyl (C=O) groups excluding carboxylic acids is 5. The first kappa shape index (κ1) is 43.6. The Hall–Kier alpha value is -2.56. The van der Waals surface area contributed by atoms with Crippen molar-refractivity contribution in [3.05, 3.63) is 12.7 Å². The Kier molecular flexibility index (Phi) is 13.6. The van der Waals surface area contributed by atoms with Crippen LogP contribution in [0.4, 0.5) is 4.79 Å². The molecule has 5 atom stereocenters. The Morgan fingerprint density at radius 1 is 0.873 bits per heavy atom. The fraction of sp³-hybridized carbons (Fsp3) is 0.841. The zero-order chi connectivity index (χ0) is 40.4. The maximum absolute atomic E-state index is 15.3. The molecule has 0 spiro atoms. The topological polar surface area (TPSA) is 147 Å². The van der Waals surface area contributed by atoms with Gasteiger partial charge in [0.15, 0.2) is 21.4 Å². The lowest BCUT2D eigenvalue weighted by molar-refractivity contribution is -0.145. The van der Waals surface area contributed by atoms with Gasteiger partial charge >= 0.3 is 6.03 Å². The van der Waals surface area contributed by atoms with E-state index in [0.717, 1.165) is 83.5 Å². The summed E-state index contributed by atoms with van der Waals surface area (Å²) in [7, 11) is -3.57. The maximum atomic E-state index is 15.3. The second-order valence-corrected chi connectivity index (χ2v) is 22.9. The van der Waals surface area contributed by atoms with E-state index in [0.29, 0.717) is 38.1 Å². The SMILES string of the molecule is C=CCCC(=O)C(=O)C(CC(=O)[C@@H]1[C@H]2CCC(C)(C)[C@H]2CN1C(=O)[C@@H](NC(=O)NC1(CS(=O)(=O)C(C)(C)C)CCCCC1)C1(C)CCCCC1)CC1CCC1. The minimum absolute atomic E-state index is 0.0616. The van der Waals surface area contributed by atoms with Gasteiger partial charge in [0.2, 0.25) is 11.7 Å². The number of rotatable bonds is 16. The number of sulfone groups is 1. The molecule has 5 aliphatic rings. The van der Waals surface area contributed by atoms with Crippen LogP contribution >= 0.6 is 0 Å². The summed E-state index contributed by atoms with van der Waals surface area (Å²) < 4.78 is 26.1. The smallest absolute Gasteiger partial charge is 0.315 e. The molecule has 1 saturated heterocycles. The van der Waals surface area contributed by atoms with Crippen LogP contribution in [0.5, 0.6) is 0 Å². The van der Waals surface area contributed by atoms with Crippen LogP contribution in [-0.4, -0.2) is 77.3 Å². The molecule has 1 heterocycles. The van der Waals surface area contributed by atoms with Gasteiger partial charge in [-0.15, -0.1) is 6.58 Å². The maximum Gasteiger partial charge on any atom is 0.315 e. The fourth-order valence-corrected chi connectivity index (χ4v) is 12.2. The molecule has 4 aliphatic carbocycles. The monoisotopic (exact) mass is 786 g/mol. The van der Waals surface area contributed by atoms with Crippen molar-refractivity contribution in [3.8, 4) is 0 Å². The highest BCUT2D eigenvalue weighted by Gasteiger charge is 2.58. The van der Waals surface area contributed by atoms with Crippen molar-refractivity contribution in [2.75, 3.05) is 12.3 Å². The van der Waals surface area contributed by atoms with E-state index in [-0.39, 0.29) is 47.5 Å². The van der Waals surface area contributed by atoms with Crippen LogP contribution < -0.4 is 10.6 Å². The summed E-state index contributed by atoms with van der Waals surface area (Å²) in [6.45, 7) is 15.6. The predicted octanol–water partition coefficient (Wildman–Crippen LogP) is 7.67. The van der Waals surface area contributed by atoms with Gasteiger partial charge in [0, 0.05) is 25.3 Å². The number of urea groups is 1. The van der Waals surface area contributed by atoms with Crippen molar-refractivity contribution in [3.63, 3.8) is 0 Å². The molecule has 11 heteroatoms. The van der Waals surface area contributed by atoms with Crippen molar-refractivity contribution in [1.29, 1.82) is 0 Å². The molecule has 0 aromatic carbocycles. The summed E-state index contributed by atoms with van der Waals surface area (Å²) in [6.07, 6.45) is 15.4. The van der Waals surface area contributed by atoms with Crippen LogP contribution in [0.15, 0.2) is 12.7 Å². The highest BCUT2D eigenvalue weighted by molar-refractivity contribution is 7.92. The molecular weight excluding hydrogens is 715 g/mol. The van der Waals surface area contributed by atoms with Crippen LogP contribution in [-0.2, 0) is 29.0 Å². The molecule has 4 saturated carbocycles. The van der Waals surface area contributed by atoms with E-state index >= 15 is 4.79 Å². The van der Waals surface area contributed by atoms with E-state index in [1.807, 2.05) is 0 Å². The van der Waals surface area contributed by atoms with Crippen molar-refractivity contribution < 1.29 is 32.4 Å². The Morgan fingerprint density at radius 2 is 1.49 bits per heavy atom. The molecule has 0 aromatic rings. The highest BCUT2D eigenvalue weighted by Crippen LogP contribution is 2.54. The number of allylic oxidation sites excluding steroid dienone is 1. The number of fused-ring (bicyclic) bond motifs is 1. The van der Waals surface area contributed by atoms with E-state index < -0.39 is 61.1 Å². The largest absolute Gasteiger partial charge is 0.332 e. The van der Waals surface area contributed by atoms with Crippen LogP contribution in [0.3, 0.4) is 0 Å². The first-order chi connectivity index (χ1) is 25.7. The zero-order valence-corrected chi connectivity index (χ0v) is 35.6. The average Bonchev–Trinajstić information content (AvgIpc) is 3.63. The Bertz CT molecular complexity index is 1560. The fourth-order valence-electron chi connectivity index (χ4n) is 10.7. The molecule has 10 nitrogen and oxygen atoms in total. The van der Waals surface area contributed by atoms with Gasteiger partial charge < -0.3 is 15.5 Å². The normalized spacial score (nSPS) is 27.2. The Morgan fingerprint density at radius 3 is 2.05 bits per heavy atom. The second-order valence-electron chi connectivity index (χ2n) is 20.2. The number of likely N-dealkylation sites (tertiary alicyclic amines) is 1. The molecule has 5 rings (SSSR count). The molecule has 0 radical (unpaired) electrons. The van der Waals surface area contributed by atoms with Gasteiger partial charge in [0.1, 0.15) is 6.04 Å². The van der Waals surface area contributed by atoms with Gasteiger partial charge in [-0.2, -0.15) is 0 Å². The van der Waals surface area contributed by atoms with Gasteiger partial charge in [-0.3, -0.25) is 19.2 Å². The minimum Gasteiger partial charge on any atom is -0.332 e. The first-order valence-electron chi connectivity index (χ1n) is 21.5. The third kappa shape index (κ3) is 9.77. The quantitative estimate of drug-likeness (QED) is 0.121. The molecular formula is C44H71N3O7S. The lowest BCUT2D eigenvalue weighted by Crippen LogP contribution is -2.64. The highest BCUT2D eigenvalue weighted by atomic mass is 32.2. The molecule has 0 bridgehead atoms. The standard InChI is InChI=1S/C44H71N3O7S/c1-8-9-19-34(48)37(50)31(26-30-17-16-18-30)27-35(49)36-32-20-25-42(5,6)33(32)28-47(36)39(51)38(43(7)21-12-10-13-22-43)45-40(52)46-44(23-14-11-15-24-44)29-55(53,54)41(2,3)4/h8,30-33,36,38H,1,9-29H2,2-7H3,(H2,45,46,52)/t31?,32-,33-,36-,38+/m0/s1. The lowest BCUT2D eigenvalue weighted by Gasteiger charge is -2.44. The zero-order valence-electron chi connectivity index (χ0n) is 34.8. The average molecular weight is 786 g/mol. The van der Waals surface area contributed by atoms with Crippen LogP contribution in [0.1, 0.15) is 164 Å². The van der Waals surface area contributed by atoms with E-state index in [1.54, 1.807) is 31.7 Å². The number of carbonyl (C=O) groups is 5. The number of hydrogen-bond donors (Lipinski definition) is 2. The molecule has 1 aliphatic heterocycles. The summed E-state index contributed by atoms with van der Waals surface area (Å²) in [5.41, 5.74) is -1.60. The molecule has 2 N–H and O–H groups in total. The number of amides is 3. The van der Waals surface area contributed by atoms with Gasteiger partial charge in [-0.1, -0.05) is 84.6 Å². The Balaban J connectivity index is 1.44. The molecule has 55 heavy (non-hydrogen) atoms. The van der Waals surface area contributed by atoms with Crippen molar-refractivity contribution >= 4 is 39.1 Å². The van der Waals surface area contributed by atoms with E-state index in [9.17, 15) is 27.6 Å². The second kappa shape index (κ2) is 17.1. The third-order valence-corrected chi connectivity index (χ3v) is 17.5. The van der Waals surface area contributed by atoms with Gasteiger partial charge in [0.05, 0.1) is 22.1 Å². The summed E-state index contributed by atoms with van der Waals surface area (Å²) in [4.78, 5) is 72.6. The Labute approximate surface area is 331 Å². The molecule has 0 aromatic heterocycles. The van der Waals surface area contributed by atoms with E-state index in [1.165, 1.54) is 0 Å². The van der Waals surface area contributed by atoms with Crippen LogP contribution in [0, 0.1) is 34.5 Å². The van der Waals surface area contributed by atoms with Crippen LogP contribution in [0.2, 0.25) is 0 Å². The summed E-state index contributed by atoms with van der Waals surface area (Å²) in [5.74, 6) is -1.88. The summed E-state index contributed by atoms with van der Waals surface area (Å²) >= 11 is 0. The molecule has 5 fully saturated rings. The molecule has 310 valence electrons. The van der Waals surface area contributed by atoms with Gasteiger partial charge in [-0.05, 0) is 101 Å². The third-order valence-electron chi connectivity index (χ3n) is 14.7. The van der Waals surface area contributed by atoms with Crippen molar-refractivity contribution in [2.24, 2.45) is 34.5 Å². The first-order valence-corrected chi connectivity index (χ1v) is 23.2. The van der Waals surface area contributed by atoms with Gasteiger partial charge in [-0.25, -0.2) is 13.2 Å². The van der Waals surface area contributed by atoms with Crippen molar-refractivity contribution in [2.45, 2.75) is 186 Å². The summed E-state index contributed by atoms with van der Waals surface area (Å²) in [5, 5.41) is 6.26. The number of ketones is 3. The minimum atomic E-state index is -3.57. The van der Waals surface area contributed by atoms with E-state index in [4.69, 9.17) is 0 Å². The number of hydrogen-bond acceptors (Lipinski definition) is 7.